The minimum absolute atomic E-state index is 0.184. The molecule has 0 aromatic heterocycles. The number of hydrogen-bond donors (Lipinski definition) is 1. The quantitative estimate of drug-likeness (QED) is 0.649. The fraction of sp³-hybridized carbons (Fsp3) is 0.300. The standard InChI is InChI=1S/C10H6Cl2F3NO5/c11-5-1-7(16(19)20)8(2-6(5)12)21-3-4(9(17)18)10(13,14)15/h1-2,4H,3H2,(H,17,18). The highest BCUT2D eigenvalue weighted by atomic mass is 35.5. The summed E-state index contributed by atoms with van der Waals surface area (Å²) in [7, 11) is 0. The van der Waals surface area contributed by atoms with Crippen LogP contribution < -0.4 is 4.74 Å². The first kappa shape index (κ1) is 17.3. The van der Waals surface area contributed by atoms with Crippen molar-refractivity contribution in [1.29, 1.82) is 0 Å². The molecule has 1 aromatic carbocycles. The lowest BCUT2D eigenvalue weighted by molar-refractivity contribution is -0.386. The summed E-state index contributed by atoms with van der Waals surface area (Å²) in [5.41, 5.74) is -0.726. The molecular formula is C10H6Cl2F3NO5. The van der Waals surface area contributed by atoms with Crippen molar-refractivity contribution < 1.29 is 32.7 Å². The SMILES string of the molecule is O=C(O)C(COc1cc(Cl)c(Cl)cc1[N+](=O)[O-])C(F)(F)F. The number of ether oxygens (including phenoxy) is 1. The zero-order valence-electron chi connectivity index (χ0n) is 9.86. The van der Waals surface area contributed by atoms with Crippen LogP contribution in [0.1, 0.15) is 0 Å². The Morgan fingerprint density at radius 1 is 1.38 bits per heavy atom. The second-order valence-corrected chi connectivity index (χ2v) is 4.55. The van der Waals surface area contributed by atoms with E-state index in [0.717, 1.165) is 12.1 Å². The average molecular weight is 348 g/mol. The minimum Gasteiger partial charge on any atom is -0.485 e. The number of nitro benzene ring substituents is 1. The van der Waals surface area contributed by atoms with Crippen molar-refractivity contribution >= 4 is 34.9 Å². The molecule has 11 heteroatoms. The summed E-state index contributed by atoms with van der Waals surface area (Å²) in [4.78, 5) is 20.3. The number of aliphatic carboxylic acids is 1. The van der Waals surface area contributed by atoms with E-state index in [9.17, 15) is 28.1 Å². The van der Waals surface area contributed by atoms with Crippen molar-refractivity contribution in [2.45, 2.75) is 6.18 Å². The first-order valence-corrected chi connectivity index (χ1v) is 5.85. The predicted molar refractivity (Wildman–Crippen MR) is 65.8 cm³/mol. The number of carboxylic acid groups (broad SMARTS) is 1. The molecule has 0 radical (unpaired) electrons. The molecule has 0 spiro atoms. The van der Waals surface area contributed by atoms with Gasteiger partial charge in [0.15, 0.2) is 11.7 Å². The van der Waals surface area contributed by atoms with Crippen LogP contribution in [0.15, 0.2) is 12.1 Å². The number of halogens is 5. The molecule has 0 saturated heterocycles. The van der Waals surface area contributed by atoms with Crippen molar-refractivity contribution in [3.05, 3.63) is 32.3 Å². The molecule has 1 N–H and O–H groups in total. The number of benzene rings is 1. The van der Waals surface area contributed by atoms with Crippen molar-refractivity contribution in [3.63, 3.8) is 0 Å². The fourth-order valence-corrected chi connectivity index (χ4v) is 1.57. The van der Waals surface area contributed by atoms with E-state index in [-0.39, 0.29) is 10.0 Å². The fourth-order valence-electron chi connectivity index (χ4n) is 1.26. The lowest BCUT2D eigenvalue weighted by Gasteiger charge is -2.16. The van der Waals surface area contributed by atoms with Crippen LogP contribution >= 0.6 is 23.2 Å². The molecule has 1 rings (SSSR count). The van der Waals surface area contributed by atoms with Gasteiger partial charge in [-0.15, -0.1) is 0 Å². The largest absolute Gasteiger partial charge is 0.485 e. The highest BCUT2D eigenvalue weighted by Gasteiger charge is 2.46. The summed E-state index contributed by atoms with van der Waals surface area (Å²) >= 11 is 11.1. The summed E-state index contributed by atoms with van der Waals surface area (Å²) < 4.78 is 41.9. The highest BCUT2D eigenvalue weighted by molar-refractivity contribution is 6.42. The predicted octanol–water partition coefficient (Wildman–Crippen LogP) is 3.54. The molecule has 1 unspecified atom stereocenters. The summed E-state index contributed by atoms with van der Waals surface area (Å²) in [5, 5.41) is 18.9. The molecule has 0 aliphatic rings. The van der Waals surface area contributed by atoms with Gasteiger partial charge in [0.05, 0.1) is 15.0 Å². The third-order valence-corrected chi connectivity index (χ3v) is 3.02. The number of rotatable bonds is 5. The summed E-state index contributed by atoms with van der Waals surface area (Å²) in [6.45, 7) is -1.34. The third kappa shape index (κ3) is 4.36. The monoisotopic (exact) mass is 347 g/mol. The van der Waals surface area contributed by atoms with Crippen LogP contribution in [0.4, 0.5) is 18.9 Å². The number of carbonyl (C=O) groups is 1. The van der Waals surface area contributed by atoms with E-state index in [1.807, 2.05) is 0 Å². The molecule has 21 heavy (non-hydrogen) atoms. The normalized spacial score (nSPS) is 12.8. The van der Waals surface area contributed by atoms with Gasteiger partial charge >= 0.3 is 17.8 Å². The maximum absolute atomic E-state index is 12.4. The van der Waals surface area contributed by atoms with Gasteiger partial charge in [-0.05, 0) is 0 Å². The number of carboxylic acids is 1. The van der Waals surface area contributed by atoms with Crippen molar-refractivity contribution in [1.82, 2.24) is 0 Å². The number of alkyl halides is 3. The Labute approximate surface area is 125 Å². The molecule has 0 aliphatic carbocycles. The Balaban J connectivity index is 3.05. The molecule has 6 nitrogen and oxygen atoms in total. The maximum Gasteiger partial charge on any atom is 0.405 e. The Morgan fingerprint density at radius 2 is 1.90 bits per heavy atom. The van der Waals surface area contributed by atoms with Crippen LogP contribution in [-0.2, 0) is 4.79 Å². The van der Waals surface area contributed by atoms with E-state index >= 15 is 0 Å². The topological polar surface area (TPSA) is 89.7 Å². The number of nitrogens with zero attached hydrogens (tertiary/aromatic N) is 1. The van der Waals surface area contributed by atoms with Crippen molar-refractivity contribution in [2.75, 3.05) is 6.61 Å². The van der Waals surface area contributed by atoms with E-state index in [0.29, 0.717) is 0 Å². The van der Waals surface area contributed by atoms with Crippen molar-refractivity contribution in [3.8, 4) is 5.75 Å². The molecule has 1 atom stereocenters. The van der Waals surface area contributed by atoms with Crippen LogP contribution in [-0.4, -0.2) is 28.8 Å². The Hall–Kier alpha value is -1.74. The molecule has 116 valence electrons. The number of hydrogen-bond acceptors (Lipinski definition) is 4. The average Bonchev–Trinajstić information content (AvgIpc) is 2.30. The van der Waals surface area contributed by atoms with E-state index in [1.54, 1.807) is 0 Å². The molecule has 0 saturated carbocycles. The van der Waals surface area contributed by atoms with Gasteiger partial charge in [-0.1, -0.05) is 23.2 Å². The zero-order valence-corrected chi connectivity index (χ0v) is 11.4. The second-order valence-electron chi connectivity index (χ2n) is 3.73. The van der Waals surface area contributed by atoms with E-state index in [1.165, 1.54) is 0 Å². The molecule has 0 amide bonds. The van der Waals surface area contributed by atoms with Crippen LogP contribution in [0.25, 0.3) is 0 Å². The third-order valence-electron chi connectivity index (χ3n) is 2.30. The lowest BCUT2D eigenvalue weighted by atomic mass is 10.1. The smallest absolute Gasteiger partial charge is 0.405 e. The van der Waals surface area contributed by atoms with Gasteiger partial charge in [0.25, 0.3) is 0 Å². The van der Waals surface area contributed by atoms with Gasteiger partial charge in [0.2, 0.25) is 0 Å². The first-order chi connectivity index (χ1) is 9.54. The minimum atomic E-state index is -5.06. The summed E-state index contributed by atoms with van der Waals surface area (Å²) in [6, 6.07) is 1.64. The first-order valence-electron chi connectivity index (χ1n) is 5.09. The van der Waals surface area contributed by atoms with Crippen LogP contribution in [0.2, 0.25) is 10.0 Å². The summed E-state index contributed by atoms with van der Waals surface area (Å²) in [5.74, 6) is -5.60. The second kappa shape index (κ2) is 6.35. The van der Waals surface area contributed by atoms with Crippen LogP contribution in [0, 0.1) is 16.0 Å². The summed E-state index contributed by atoms with van der Waals surface area (Å²) in [6.07, 6.45) is -5.06. The van der Waals surface area contributed by atoms with E-state index in [2.05, 4.69) is 4.74 Å². The van der Waals surface area contributed by atoms with E-state index in [4.69, 9.17) is 28.3 Å². The molecule has 0 bridgehead atoms. The highest BCUT2D eigenvalue weighted by Crippen LogP contribution is 2.36. The maximum atomic E-state index is 12.4. The van der Waals surface area contributed by atoms with Gasteiger partial charge in [-0.2, -0.15) is 13.2 Å². The molecule has 0 heterocycles. The number of nitro groups is 1. The van der Waals surface area contributed by atoms with Crippen LogP contribution in [0.3, 0.4) is 0 Å². The molecule has 0 fully saturated rings. The Bertz CT molecular complexity index is 579. The Morgan fingerprint density at radius 3 is 2.33 bits per heavy atom. The van der Waals surface area contributed by atoms with Crippen molar-refractivity contribution in [2.24, 2.45) is 5.92 Å². The van der Waals surface area contributed by atoms with E-state index < -0.39 is 41.0 Å². The van der Waals surface area contributed by atoms with Crippen LogP contribution in [0.5, 0.6) is 5.75 Å². The van der Waals surface area contributed by atoms with Gasteiger partial charge in [-0.25, -0.2) is 0 Å². The van der Waals surface area contributed by atoms with Gasteiger partial charge in [0.1, 0.15) is 6.61 Å². The Kier molecular flexibility index (Phi) is 5.24. The van der Waals surface area contributed by atoms with Gasteiger partial charge in [0, 0.05) is 12.1 Å². The lowest BCUT2D eigenvalue weighted by Crippen LogP contribution is -2.35. The molecule has 1 aromatic rings. The van der Waals surface area contributed by atoms with Gasteiger partial charge < -0.3 is 9.84 Å². The zero-order chi connectivity index (χ0) is 16.4. The molecule has 0 aliphatic heterocycles. The molecular weight excluding hydrogens is 342 g/mol. The van der Waals surface area contributed by atoms with Gasteiger partial charge in [-0.3, -0.25) is 14.9 Å².